The quantitative estimate of drug-likeness (QED) is 0.543. The van der Waals surface area contributed by atoms with E-state index in [1.54, 1.807) is 43.5 Å². The van der Waals surface area contributed by atoms with Crippen LogP contribution in [-0.4, -0.2) is 37.1 Å². The van der Waals surface area contributed by atoms with Crippen LogP contribution in [0, 0.1) is 0 Å². The summed E-state index contributed by atoms with van der Waals surface area (Å²) in [5, 5.41) is 2.27. The van der Waals surface area contributed by atoms with Gasteiger partial charge in [0.1, 0.15) is 11.3 Å². The van der Waals surface area contributed by atoms with Gasteiger partial charge in [-0.05, 0) is 62.1 Å². The lowest BCUT2D eigenvalue weighted by molar-refractivity contribution is -0.137. The Morgan fingerprint density at radius 2 is 1.81 bits per heavy atom. The number of alkyl halides is 3. The molecule has 1 aromatic heterocycles. The number of hydrogen-bond acceptors (Lipinski definition) is 5. The SMILES string of the molecule is COc1ccc(C(=O)N[C@H]2CC[C@@H](N(C)c3cccc4sc(C(F)(F)F)nc34)CC2)cc1. The molecule has 170 valence electrons. The Hall–Kier alpha value is -2.81. The fourth-order valence-corrected chi connectivity index (χ4v) is 5.01. The molecule has 0 atom stereocenters. The van der Waals surface area contributed by atoms with Crippen LogP contribution in [0.5, 0.6) is 5.75 Å². The highest BCUT2D eigenvalue weighted by Crippen LogP contribution is 2.39. The van der Waals surface area contributed by atoms with E-state index >= 15 is 0 Å². The first-order chi connectivity index (χ1) is 15.3. The lowest BCUT2D eigenvalue weighted by atomic mass is 9.90. The van der Waals surface area contributed by atoms with Crippen molar-refractivity contribution in [2.75, 3.05) is 19.1 Å². The molecule has 3 aromatic rings. The van der Waals surface area contributed by atoms with Crippen LogP contribution in [0.3, 0.4) is 0 Å². The van der Waals surface area contributed by atoms with Gasteiger partial charge in [-0.2, -0.15) is 13.2 Å². The Kier molecular flexibility index (Phi) is 6.28. The molecular weight excluding hydrogens is 439 g/mol. The van der Waals surface area contributed by atoms with Crippen molar-refractivity contribution in [2.24, 2.45) is 0 Å². The molecule has 1 fully saturated rings. The first kappa shape index (κ1) is 22.4. The van der Waals surface area contributed by atoms with Gasteiger partial charge in [-0.25, -0.2) is 4.98 Å². The number of thiazole rings is 1. The topological polar surface area (TPSA) is 54.5 Å². The first-order valence-corrected chi connectivity index (χ1v) is 11.2. The molecule has 1 aliphatic carbocycles. The Morgan fingerprint density at radius 3 is 2.44 bits per heavy atom. The highest BCUT2D eigenvalue weighted by molar-refractivity contribution is 7.18. The van der Waals surface area contributed by atoms with Gasteiger partial charge in [-0.3, -0.25) is 4.79 Å². The van der Waals surface area contributed by atoms with Gasteiger partial charge >= 0.3 is 6.18 Å². The zero-order chi connectivity index (χ0) is 22.9. The minimum Gasteiger partial charge on any atom is -0.497 e. The average molecular weight is 464 g/mol. The zero-order valence-corrected chi connectivity index (χ0v) is 18.6. The molecule has 0 saturated heterocycles. The summed E-state index contributed by atoms with van der Waals surface area (Å²) in [6, 6.07) is 12.5. The van der Waals surface area contributed by atoms with E-state index in [0.29, 0.717) is 38.6 Å². The van der Waals surface area contributed by atoms with E-state index in [1.807, 2.05) is 18.0 Å². The van der Waals surface area contributed by atoms with E-state index in [4.69, 9.17) is 4.74 Å². The molecule has 0 aliphatic heterocycles. The molecule has 1 aliphatic rings. The van der Waals surface area contributed by atoms with Crippen LogP contribution in [0.2, 0.25) is 0 Å². The van der Waals surface area contributed by atoms with Crippen LogP contribution in [0.1, 0.15) is 41.0 Å². The third-order valence-corrected chi connectivity index (χ3v) is 7.02. The van der Waals surface area contributed by atoms with Gasteiger partial charge in [0.2, 0.25) is 0 Å². The summed E-state index contributed by atoms with van der Waals surface area (Å²) in [4.78, 5) is 18.4. The van der Waals surface area contributed by atoms with E-state index in [2.05, 4.69) is 10.3 Å². The van der Waals surface area contributed by atoms with Gasteiger partial charge in [-0.1, -0.05) is 6.07 Å². The number of nitrogens with zero attached hydrogens (tertiary/aromatic N) is 2. The number of ether oxygens (including phenoxy) is 1. The number of carbonyl (C=O) groups is 1. The number of methoxy groups -OCH3 is 1. The Balaban J connectivity index is 1.40. The first-order valence-electron chi connectivity index (χ1n) is 10.4. The molecule has 1 heterocycles. The Labute approximate surface area is 188 Å². The van der Waals surface area contributed by atoms with Crippen LogP contribution in [0.25, 0.3) is 10.2 Å². The molecule has 32 heavy (non-hydrogen) atoms. The van der Waals surface area contributed by atoms with Gasteiger partial charge in [0.25, 0.3) is 5.91 Å². The largest absolute Gasteiger partial charge is 0.497 e. The predicted octanol–water partition coefficient (Wildman–Crippen LogP) is 5.50. The minimum absolute atomic E-state index is 0.0705. The van der Waals surface area contributed by atoms with E-state index in [9.17, 15) is 18.0 Å². The summed E-state index contributed by atoms with van der Waals surface area (Å²) in [6.45, 7) is 0. The minimum atomic E-state index is -4.44. The summed E-state index contributed by atoms with van der Waals surface area (Å²) in [7, 11) is 3.48. The van der Waals surface area contributed by atoms with Gasteiger partial charge < -0.3 is 15.0 Å². The molecule has 2 aromatic carbocycles. The fraction of sp³-hybridized carbons (Fsp3) is 0.391. The van der Waals surface area contributed by atoms with Crippen molar-refractivity contribution < 1.29 is 22.7 Å². The molecule has 9 heteroatoms. The van der Waals surface area contributed by atoms with Gasteiger partial charge in [0.05, 0.1) is 17.5 Å². The number of halogens is 3. The smallest absolute Gasteiger partial charge is 0.443 e. The van der Waals surface area contributed by atoms with Gasteiger partial charge in [0.15, 0.2) is 5.01 Å². The third kappa shape index (κ3) is 4.67. The molecule has 5 nitrogen and oxygen atoms in total. The monoisotopic (exact) mass is 463 g/mol. The van der Waals surface area contributed by atoms with Crippen molar-refractivity contribution in [1.29, 1.82) is 0 Å². The molecule has 1 amide bonds. The maximum absolute atomic E-state index is 13.1. The zero-order valence-electron chi connectivity index (χ0n) is 17.8. The maximum atomic E-state index is 13.1. The number of carbonyl (C=O) groups excluding carboxylic acids is 1. The molecule has 4 rings (SSSR count). The number of benzene rings is 2. The number of fused-ring (bicyclic) bond motifs is 1. The highest BCUT2D eigenvalue weighted by Gasteiger charge is 2.35. The second kappa shape index (κ2) is 8.97. The Morgan fingerprint density at radius 1 is 1.12 bits per heavy atom. The van der Waals surface area contributed by atoms with Crippen molar-refractivity contribution in [3.8, 4) is 5.75 Å². The van der Waals surface area contributed by atoms with E-state index in [0.717, 1.165) is 25.7 Å². The van der Waals surface area contributed by atoms with Crippen molar-refractivity contribution in [3.05, 3.63) is 53.0 Å². The number of aromatic nitrogens is 1. The lowest BCUT2D eigenvalue weighted by Crippen LogP contribution is -2.43. The van der Waals surface area contributed by atoms with Crippen LogP contribution >= 0.6 is 11.3 Å². The molecule has 0 spiro atoms. The molecule has 0 radical (unpaired) electrons. The third-order valence-electron chi connectivity index (χ3n) is 5.95. The van der Waals surface area contributed by atoms with Crippen LogP contribution < -0.4 is 15.0 Å². The Bertz CT molecular complexity index is 1090. The summed E-state index contributed by atoms with van der Waals surface area (Å²) in [5.74, 6) is 0.582. The van der Waals surface area contributed by atoms with Crippen LogP contribution in [0.4, 0.5) is 18.9 Å². The average Bonchev–Trinajstić information content (AvgIpc) is 3.24. The second-order valence-electron chi connectivity index (χ2n) is 7.96. The summed E-state index contributed by atoms with van der Waals surface area (Å²) < 4.78 is 45.0. The van der Waals surface area contributed by atoms with Crippen LogP contribution in [-0.2, 0) is 6.18 Å². The summed E-state index contributed by atoms with van der Waals surface area (Å²) in [5.41, 5.74) is 1.68. The van der Waals surface area contributed by atoms with E-state index in [-0.39, 0.29) is 18.0 Å². The van der Waals surface area contributed by atoms with Crippen molar-refractivity contribution in [3.63, 3.8) is 0 Å². The number of hydrogen-bond donors (Lipinski definition) is 1. The highest BCUT2D eigenvalue weighted by atomic mass is 32.1. The summed E-state index contributed by atoms with van der Waals surface area (Å²) >= 11 is 0.672. The normalized spacial score (nSPS) is 19.0. The maximum Gasteiger partial charge on any atom is 0.443 e. The molecule has 1 saturated carbocycles. The van der Waals surface area contributed by atoms with E-state index < -0.39 is 11.2 Å². The van der Waals surface area contributed by atoms with Gasteiger partial charge in [-0.15, -0.1) is 11.3 Å². The lowest BCUT2D eigenvalue weighted by Gasteiger charge is -2.36. The number of para-hydroxylation sites is 1. The summed E-state index contributed by atoms with van der Waals surface area (Å²) in [6.07, 6.45) is -1.18. The molecular formula is C23H24F3N3O2S. The number of rotatable bonds is 5. The molecule has 1 N–H and O–H groups in total. The van der Waals surface area contributed by atoms with Crippen molar-refractivity contribution in [1.82, 2.24) is 10.3 Å². The van der Waals surface area contributed by atoms with Crippen molar-refractivity contribution in [2.45, 2.75) is 43.9 Å². The van der Waals surface area contributed by atoms with E-state index in [1.165, 1.54) is 0 Å². The predicted molar refractivity (Wildman–Crippen MR) is 120 cm³/mol. The molecule has 0 bridgehead atoms. The number of nitrogens with one attached hydrogen (secondary N) is 1. The fourth-order valence-electron chi connectivity index (χ4n) is 4.16. The van der Waals surface area contributed by atoms with Crippen LogP contribution in [0.15, 0.2) is 42.5 Å². The molecule has 0 unspecified atom stereocenters. The number of anilines is 1. The second-order valence-corrected chi connectivity index (χ2v) is 8.99. The van der Waals surface area contributed by atoms with Crippen molar-refractivity contribution >= 4 is 33.1 Å². The van der Waals surface area contributed by atoms with Gasteiger partial charge in [0, 0.05) is 24.7 Å². The standard InChI is InChI=1S/C23H24F3N3O2S/c1-29(18-4-3-5-19-20(18)28-22(32-19)23(24,25)26)16-10-8-15(9-11-16)27-21(30)14-6-12-17(31-2)13-7-14/h3-7,12-13,15-16H,8-11H2,1-2H3,(H,27,30)/t15-,16+. The number of amides is 1.